The molecule has 0 saturated carbocycles. The van der Waals surface area contributed by atoms with Crippen molar-refractivity contribution in [3.8, 4) is 0 Å². The van der Waals surface area contributed by atoms with E-state index in [0.29, 0.717) is 32.1 Å². The van der Waals surface area contributed by atoms with Gasteiger partial charge < -0.3 is 28.6 Å². The number of anilines is 1. The Morgan fingerprint density at radius 1 is 1.09 bits per heavy atom. The monoisotopic (exact) mass is 469 g/mol. The van der Waals surface area contributed by atoms with E-state index in [1.165, 1.54) is 23.2 Å². The van der Waals surface area contributed by atoms with Gasteiger partial charge in [-0.25, -0.2) is 4.79 Å². The average molecular weight is 469 g/mol. The molecule has 0 aliphatic heterocycles. The molecular formula is C20H31N5O8. The lowest BCUT2D eigenvalue weighted by Crippen LogP contribution is -2.39. The van der Waals surface area contributed by atoms with E-state index in [-0.39, 0.29) is 26.3 Å². The van der Waals surface area contributed by atoms with Gasteiger partial charge in [-0.2, -0.15) is 0 Å². The SMILES string of the molecule is CC(C)(C)OC(=O)N(CCOCCOCCOCCN=[N+]=[N-])c1ccc(=O)n(CC(=O)O)c1. The minimum Gasteiger partial charge on any atom is -0.480 e. The van der Waals surface area contributed by atoms with E-state index in [1.54, 1.807) is 20.8 Å². The summed E-state index contributed by atoms with van der Waals surface area (Å²) in [5.74, 6) is -1.18. The molecule has 0 fully saturated rings. The number of ether oxygens (including phenoxy) is 4. The molecule has 0 bridgehead atoms. The van der Waals surface area contributed by atoms with Crippen molar-refractivity contribution < 1.29 is 33.6 Å². The number of carbonyl (C=O) groups excluding carboxylic acids is 1. The molecule has 0 unspecified atom stereocenters. The highest BCUT2D eigenvalue weighted by Crippen LogP contribution is 2.17. The van der Waals surface area contributed by atoms with Gasteiger partial charge >= 0.3 is 12.1 Å². The highest BCUT2D eigenvalue weighted by Gasteiger charge is 2.24. The van der Waals surface area contributed by atoms with Crippen LogP contribution in [0.3, 0.4) is 0 Å². The number of hydrogen-bond acceptors (Lipinski definition) is 8. The molecule has 0 aromatic carbocycles. The molecule has 13 heteroatoms. The minimum absolute atomic E-state index is 0.114. The van der Waals surface area contributed by atoms with Crippen LogP contribution in [-0.2, 0) is 30.3 Å². The van der Waals surface area contributed by atoms with Gasteiger partial charge in [0.25, 0.3) is 5.56 Å². The van der Waals surface area contributed by atoms with Crippen LogP contribution in [0.5, 0.6) is 0 Å². The predicted molar refractivity (Wildman–Crippen MR) is 118 cm³/mol. The molecule has 1 heterocycles. The van der Waals surface area contributed by atoms with Gasteiger partial charge in [0.2, 0.25) is 0 Å². The fourth-order valence-electron chi connectivity index (χ4n) is 2.44. The van der Waals surface area contributed by atoms with Crippen LogP contribution < -0.4 is 10.5 Å². The first-order valence-corrected chi connectivity index (χ1v) is 10.3. The molecule has 33 heavy (non-hydrogen) atoms. The summed E-state index contributed by atoms with van der Waals surface area (Å²) in [7, 11) is 0. The fourth-order valence-corrected chi connectivity index (χ4v) is 2.44. The molecule has 1 aromatic rings. The maximum Gasteiger partial charge on any atom is 0.414 e. The number of pyridine rings is 1. The van der Waals surface area contributed by atoms with Gasteiger partial charge in [-0.1, -0.05) is 5.11 Å². The third-order valence-electron chi connectivity index (χ3n) is 3.80. The van der Waals surface area contributed by atoms with Crippen molar-refractivity contribution >= 4 is 17.7 Å². The Kier molecular flexibility index (Phi) is 12.6. The van der Waals surface area contributed by atoms with Crippen LogP contribution in [-0.4, -0.2) is 80.1 Å². The zero-order valence-corrected chi connectivity index (χ0v) is 19.1. The molecule has 0 aliphatic rings. The molecule has 1 rings (SSSR count). The number of nitrogens with zero attached hydrogens (tertiary/aromatic N) is 5. The Balaban J connectivity index is 2.57. The van der Waals surface area contributed by atoms with Crippen LogP contribution in [0.15, 0.2) is 28.2 Å². The Bertz CT molecular complexity index is 861. The van der Waals surface area contributed by atoms with Crippen LogP contribution in [0.25, 0.3) is 10.4 Å². The van der Waals surface area contributed by atoms with Crippen LogP contribution in [0, 0.1) is 0 Å². The molecule has 1 N–H and O–H groups in total. The van der Waals surface area contributed by atoms with E-state index < -0.39 is 29.8 Å². The van der Waals surface area contributed by atoms with Gasteiger partial charge in [0, 0.05) is 23.7 Å². The molecule has 0 atom stereocenters. The third kappa shape index (κ3) is 12.5. The Labute approximate surface area is 191 Å². The first-order chi connectivity index (χ1) is 15.6. The minimum atomic E-state index is -1.18. The van der Waals surface area contributed by atoms with Gasteiger partial charge in [0.05, 0.1) is 51.9 Å². The highest BCUT2D eigenvalue weighted by atomic mass is 16.6. The Hall–Kier alpha value is -3.12. The van der Waals surface area contributed by atoms with Gasteiger partial charge in [-0.3, -0.25) is 14.5 Å². The number of rotatable bonds is 15. The van der Waals surface area contributed by atoms with E-state index in [1.807, 2.05) is 0 Å². The standard InChI is InChI=1S/C20H31N5O8/c1-20(2,3)33-19(29)25(16-4-5-17(26)24(14-16)15-18(27)28)7-9-31-11-13-32-12-10-30-8-6-22-23-21/h4-5,14H,6-13,15H2,1-3H3,(H,27,28). The molecule has 0 radical (unpaired) electrons. The van der Waals surface area contributed by atoms with Crippen molar-refractivity contribution in [2.24, 2.45) is 5.11 Å². The van der Waals surface area contributed by atoms with Crippen molar-refractivity contribution in [3.63, 3.8) is 0 Å². The lowest BCUT2D eigenvalue weighted by atomic mass is 10.2. The summed E-state index contributed by atoms with van der Waals surface area (Å²) in [4.78, 5) is 39.5. The van der Waals surface area contributed by atoms with Crippen molar-refractivity contribution in [1.82, 2.24) is 4.57 Å². The number of carbonyl (C=O) groups is 2. The summed E-state index contributed by atoms with van der Waals surface area (Å²) in [6, 6.07) is 2.62. The van der Waals surface area contributed by atoms with E-state index in [9.17, 15) is 14.4 Å². The number of carboxylic acids is 1. The number of carboxylic acid groups (broad SMARTS) is 1. The smallest absolute Gasteiger partial charge is 0.414 e. The number of aromatic nitrogens is 1. The maximum atomic E-state index is 12.7. The largest absolute Gasteiger partial charge is 0.480 e. The second-order valence-electron chi connectivity index (χ2n) is 7.67. The van der Waals surface area contributed by atoms with Gasteiger partial charge in [0.15, 0.2) is 0 Å². The van der Waals surface area contributed by atoms with Crippen LogP contribution in [0.4, 0.5) is 10.5 Å². The summed E-state index contributed by atoms with van der Waals surface area (Å²) in [6.07, 6.45) is 0.645. The quantitative estimate of drug-likeness (QED) is 0.176. The molecule has 0 aliphatic carbocycles. The number of aliphatic carboxylic acids is 1. The molecule has 0 spiro atoms. The average Bonchev–Trinajstić information content (AvgIpc) is 2.71. The summed E-state index contributed by atoms with van der Waals surface area (Å²) < 4.78 is 22.5. The van der Waals surface area contributed by atoms with E-state index in [2.05, 4.69) is 10.0 Å². The lowest BCUT2D eigenvalue weighted by molar-refractivity contribution is -0.137. The van der Waals surface area contributed by atoms with Crippen LogP contribution in [0.2, 0.25) is 0 Å². The summed E-state index contributed by atoms with van der Waals surface area (Å²) in [5.41, 5.74) is 7.20. The highest BCUT2D eigenvalue weighted by molar-refractivity contribution is 5.87. The van der Waals surface area contributed by atoms with E-state index in [0.717, 1.165) is 4.57 Å². The third-order valence-corrected chi connectivity index (χ3v) is 3.80. The molecule has 1 aromatic heterocycles. The molecule has 13 nitrogen and oxygen atoms in total. The summed E-state index contributed by atoms with van der Waals surface area (Å²) in [6.45, 7) is 6.81. The fraction of sp³-hybridized carbons (Fsp3) is 0.650. The van der Waals surface area contributed by atoms with Crippen molar-refractivity contribution in [1.29, 1.82) is 0 Å². The molecule has 1 amide bonds. The number of amides is 1. The van der Waals surface area contributed by atoms with Crippen molar-refractivity contribution in [2.45, 2.75) is 32.9 Å². The summed E-state index contributed by atoms with van der Waals surface area (Å²) in [5, 5.41) is 12.3. The van der Waals surface area contributed by atoms with Crippen molar-refractivity contribution in [3.05, 3.63) is 39.1 Å². The first kappa shape index (κ1) is 27.9. The van der Waals surface area contributed by atoms with Crippen LogP contribution in [0.1, 0.15) is 20.8 Å². The van der Waals surface area contributed by atoms with E-state index >= 15 is 0 Å². The second kappa shape index (κ2) is 14.9. The van der Waals surface area contributed by atoms with Gasteiger partial charge in [-0.15, -0.1) is 0 Å². The van der Waals surface area contributed by atoms with Crippen LogP contribution >= 0.6 is 0 Å². The van der Waals surface area contributed by atoms with E-state index in [4.69, 9.17) is 29.6 Å². The topological polar surface area (TPSA) is 165 Å². The maximum absolute atomic E-state index is 12.7. The normalized spacial score (nSPS) is 11.0. The van der Waals surface area contributed by atoms with Gasteiger partial charge in [0.1, 0.15) is 12.1 Å². The Morgan fingerprint density at radius 3 is 2.27 bits per heavy atom. The lowest BCUT2D eigenvalue weighted by Gasteiger charge is -2.27. The predicted octanol–water partition coefficient (Wildman–Crippen LogP) is 2.03. The van der Waals surface area contributed by atoms with Crippen molar-refractivity contribution in [2.75, 3.05) is 57.6 Å². The number of azide groups is 1. The second-order valence-corrected chi connectivity index (χ2v) is 7.67. The summed E-state index contributed by atoms with van der Waals surface area (Å²) >= 11 is 0. The number of hydrogen-bond donors (Lipinski definition) is 1. The first-order valence-electron chi connectivity index (χ1n) is 10.3. The molecule has 184 valence electrons. The van der Waals surface area contributed by atoms with Gasteiger partial charge in [-0.05, 0) is 32.4 Å². The molecule has 0 saturated heterocycles. The zero-order valence-electron chi connectivity index (χ0n) is 19.1. The zero-order chi connectivity index (χ0) is 24.7. The Morgan fingerprint density at radius 2 is 1.70 bits per heavy atom. The molecular weight excluding hydrogens is 438 g/mol.